The third-order valence-electron chi connectivity index (χ3n) is 11.9. The molecule has 11 aromatic rings. The van der Waals surface area contributed by atoms with Gasteiger partial charge >= 0.3 is 0 Å². The maximum absolute atomic E-state index is 2.50. The Hall–Kier alpha value is -7.46. The first-order chi connectivity index (χ1) is 29.2. The summed E-state index contributed by atoms with van der Waals surface area (Å²) in [6.45, 7) is 0. The summed E-state index contributed by atoms with van der Waals surface area (Å²) in [5.41, 5.74) is 16.5. The van der Waals surface area contributed by atoms with Crippen molar-refractivity contribution in [3.8, 4) is 39.1 Å². The number of benzene rings is 9. The SMILES string of the molecule is C1=Cc2cc3sc4ccccc4c3cc2N(c2cc(-c3ccccc3)cc(-c3ccccc3)c2)c2ccc(-c3ccc4c(c3)c3ccccc3n4-c3ccccc3)cc21. The highest BCUT2D eigenvalue weighted by atomic mass is 32.1. The third kappa shape index (κ3) is 5.62. The summed E-state index contributed by atoms with van der Waals surface area (Å²) in [5, 5.41) is 5.09. The van der Waals surface area contributed by atoms with Crippen LogP contribution in [0.25, 0.3) is 93.2 Å². The summed E-state index contributed by atoms with van der Waals surface area (Å²) in [6.07, 6.45) is 4.63. The van der Waals surface area contributed by atoms with Gasteiger partial charge in [-0.1, -0.05) is 140 Å². The van der Waals surface area contributed by atoms with Crippen molar-refractivity contribution in [3.05, 3.63) is 217 Å². The van der Waals surface area contributed by atoms with Crippen LogP contribution in [0.1, 0.15) is 11.1 Å². The molecular formula is C56H36N2S. The Morgan fingerprint density at radius 3 is 1.64 bits per heavy atom. The van der Waals surface area contributed by atoms with Gasteiger partial charge in [-0.25, -0.2) is 0 Å². The molecule has 0 radical (unpaired) electrons. The van der Waals surface area contributed by atoms with Crippen molar-refractivity contribution in [2.75, 3.05) is 4.90 Å². The summed E-state index contributed by atoms with van der Waals surface area (Å²) in [4.78, 5) is 2.50. The summed E-state index contributed by atoms with van der Waals surface area (Å²) in [5.74, 6) is 0. The van der Waals surface area contributed by atoms with E-state index >= 15 is 0 Å². The molecule has 1 aliphatic rings. The fraction of sp³-hybridized carbons (Fsp3) is 0. The van der Waals surface area contributed by atoms with Crippen molar-refractivity contribution in [2.24, 2.45) is 0 Å². The van der Waals surface area contributed by atoms with Crippen molar-refractivity contribution in [1.82, 2.24) is 4.57 Å². The van der Waals surface area contributed by atoms with E-state index in [0.717, 1.165) is 11.4 Å². The Morgan fingerprint density at radius 1 is 0.305 bits per heavy atom. The molecule has 0 spiro atoms. The lowest BCUT2D eigenvalue weighted by molar-refractivity contribution is 1.18. The number of thiophene rings is 1. The van der Waals surface area contributed by atoms with E-state index in [9.17, 15) is 0 Å². The van der Waals surface area contributed by atoms with Gasteiger partial charge in [0.1, 0.15) is 0 Å². The molecule has 9 aromatic carbocycles. The van der Waals surface area contributed by atoms with Gasteiger partial charge in [-0.3, -0.25) is 0 Å². The molecule has 0 amide bonds. The monoisotopic (exact) mass is 768 g/mol. The molecule has 276 valence electrons. The first kappa shape index (κ1) is 33.7. The topological polar surface area (TPSA) is 8.17 Å². The summed E-state index contributed by atoms with van der Waals surface area (Å²) < 4.78 is 4.99. The minimum atomic E-state index is 1.12. The molecule has 3 heterocycles. The second-order valence-corrected chi connectivity index (χ2v) is 16.5. The fourth-order valence-electron chi connectivity index (χ4n) is 9.10. The van der Waals surface area contributed by atoms with E-state index in [1.807, 2.05) is 11.3 Å². The number of rotatable bonds is 5. The second-order valence-electron chi connectivity index (χ2n) is 15.4. The lowest BCUT2D eigenvalue weighted by Crippen LogP contribution is -2.12. The molecule has 0 bridgehead atoms. The smallest absolute Gasteiger partial charge is 0.0541 e. The molecule has 1 aliphatic heterocycles. The normalized spacial score (nSPS) is 12.3. The molecule has 0 fully saturated rings. The van der Waals surface area contributed by atoms with Gasteiger partial charge in [0.2, 0.25) is 0 Å². The molecule has 0 N–H and O–H groups in total. The van der Waals surface area contributed by atoms with Gasteiger partial charge in [0.25, 0.3) is 0 Å². The Bertz CT molecular complexity index is 3370. The standard InChI is InChI=1S/C56H36N2S/c1-4-14-37(15-5-1)43-31-44(38-16-6-2-7-17-38)33-46(32-43)58-51-28-26-39(30-41(51)24-25-42-35-56-50(36-54(42)58)48-21-11-13-23-55(48)59-56)40-27-29-53-49(34-40)47-20-10-12-22-52(47)57(53)45-18-8-3-9-19-45/h1-36H. The van der Waals surface area contributed by atoms with Gasteiger partial charge in [-0.15, -0.1) is 11.3 Å². The predicted octanol–water partition coefficient (Wildman–Crippen LogP) is 16.1. The first-order valence-corrected chi connectivity index (χ1v) is 21.0. The molecule has 0 aliphatic carbocycles. The molecule has 12 rings (SSSR count). The quantitative estimate of drug-likeness (QED) is 0.169. The Labute approximate surface area is 346 Å². The average molecular weight is 769 g/mol. The maximum atomic E-state index is 2.50. The highest BCUT2D eigenvalue weighted by Gasteiger charge is 2.24. The number of hydrogen-bond donors (Lipinski definition) is 0. The second kappa shape index (κ2) is 13.6. The molecular weight excluding hydrogens is 733 g/mol. The zero-order chi connectivity index (χ0) is 38.9. The van der Waals surface area contributed by atoms with Crippen molar-refractivity contribution < 1.29 is 0 Å². The number of hydrogen-bond acceptors (Lipinski definition) is 2. The zero-order valence-electron chi connectivity index (χ0n) is 32.1. The molecule has 0 atom stereocenters. The minimum absolute atomic E-state index is 1.12. The average Bonchev–Trinajstić information content (AvgIpc) is 3.78. The number of para-hydroxylation sites is 2. The van der Waals surface area contributed by atoms with Crippen LogP contribution in [0.15, 0.2) is 206 Å². The van der Waals surface area contributed by atoms with E-state index in [-0.39, 0.29) is 0 Å². The van der Waals surface area contributed by atoms with Gasteiger partial charge in [-0.05, 0) is 123 Å². The van der Waals surface area contributed by atoms with Crippen LogP contribution in [-0.2, 0) is 0 Å². The van der Waals surface area contributed by atoms with Crippen molar-refractivity contribution in [2.45, 2.75) is 0 Å². The van der Waals surface area contributed by atoms with E-state index in [1.165, 1.54) is 97.9 Å². The van der Waals surface area contributed by atoms with E-state index in [2.05, 4.69) is 228 Å². The van der Waals surface area contributed by atoms with Crippen LogP contribution in [0.4, 0.5) is 17.1 Å². The third-order valence-corrected chi connectivity index (χ3v) is 13.0. The number of aromatic nitrogens is 1. The van der Waals surface area contributed by atoms with E-state index in [4.69, 9.17) is 0 Å². The Balaban J connectivity index is 1.07. The largest absolute Gasteiger partial charge is 0.309 e. The molecule has 0 unspecified atom stereocenters. The van der Waals surface area contributed by atoms with Crippen molar-refractivity contribution in [1.29, 1.82) is 0 Å². The lowest BCUT2D eigenvalue weighted by Gasteiger charge is -2.29. The lowest BCUT2D eigenvalue weighted by atomic mass is 9.96. The van der Waals surface area contributed by atoms with Crippen LogP contribution in [-0.4, -0.2) is 4.57 Å². The van der Waals surface area contributed by atoms with E-state index in [0.29, 0.717) is 0 Å². The molecule has 59 heavy (non-hydrogen) atoms. The first-order valence-electron chi connectivity index (χ1n) is 20.2. The van der Waals surface area contributed by atoms with Gasteiger partial charge < -0.3 is 9.47 Å². The van der Waals surface area contributed by atoms with Crippen molar-refractivity contribution >= 4 is 82.5 Å². The maximum Gasteiger partial charge on any atom is 0.0541 e. The molecule has 2 nitrogen and oxygen atoms in total. The van der Waals surface area contributed by atoms with Crippen LogP contribution in [0.3, 0.4) is 0 Å². The molecule has 2 aromatic heterocycles. The minimum Gasteiger partial charge on any atom is -0.309 e. The van der Waals surface area contributed by atoms with Gasteiger partial charge in [0, 0.05) is 42.3 Å². The predicted molar refractivity (Wildman–Crippen MR) is 254 cm³/mol. The van der Waals surface area contributed by atoms with Crippen LogP contribution in [0, 0.1) is 0 Å². The Kier molecular flexibility index (Phi) is 7.75. The highest BCUT2D eigenvalue weighted by Crippen LogP contribution is 2.48. The number of nitrogens with zero attached hydrogens (tertiary/aromatic N) is 2. The van der Waals surface area contributed by atoms with Crippen molar-refractivity contribution in [3.63, 3.8) is 0 Å². The highest BCUT2D eigenvalue weighted by molar-refractivity contribution is 7.25. The van der Waals surface area contributed by atoms with E-state index in [1.54, 1.807) is 0 Å². The van der Waals surface area contributed by atoms with Crippen LogP contribution in [0.5, 0.6) is 0 Å². The molecule has 0 saturated heterocycles. The Morgan fingerprint density at radius 2 is 0.898 bits per heavy atom. The number of fused-ring (bicyclic) bond motifs is 8. The summed E-state index contributed by atoms with van der Waals surface area (Å²) in [7, 11) is 0. The molecule has 3 heteroatoms. The zero-order valence-corrected chi connectivity index (χ0v) is 32.9. The van der Waals surface area contributed by atoms with Gasteiger partial charge in [0.15, 0.2) is 0 Å². The van der Waals surface area contributed by atoms with Crippen LogP contribution < -0.4 is 4.90 Å². The van der Waals surface area contributed by atoms with E-state index < -0.39 is 0 Å². The molecule has 0 saturated carbocycles. The van der Waals surface area contributed by atoms with Crippen LogP contribution in [0.2, 0.25) is 0 Å². The van der Waals surface area contributed by atoms with Crippen LogP contribution >= 0.6 is 11.3 Å². The fourth-order valence-corrected chi connectivity index (χ4v) is 10.2. The number of anilines is 3. The summed E-state index contributed by atoms with van der Waals surface area (Å²) >= 11 is 1.87. The summed E-state index contributed by atoms with van der Waals surface area (Å²) in [6, 6.07) is 75.6. The van der Waals surface area contributed by atoms with Gasteiger partial charge in [0.05, 0.1) is 22.4 Å². The van der Waals surface area contributed by atoms with Gasteiger partial charge in [-0.2, -0.15) is 0 Å².